The summed E-state index contributed by atoms with van der Waals surface area (Å²) in [6.45, 7) is 2.04. The molecule has 0 bridgehead atoms. The lowest BCUT2D eigenvalue weighted by Gasteiger charge is -2.26. The first-order valence-electron chi connectivity index (χ1n) is 9.28. The molecule has 0 saturated heterocycles. The van der Waals surface area contributed by atoms with Gasteiger partial charge in [0.2, 0.25) is 5.55 Å². The zero-order chi connectivity index (χ0) is 18.9. The van der Waals surface area contributed by atoms with E-state index in [2.05, 4.69) is 43.3 Å². The number of fused-ring (bicyclic) bond motifs is 2. The van der Waals surface area contributed by atoms with Crippen LogP contribution in [0.25, 0.3) is 23.1 Å². The molecule has 0 fully saturated rings. The molecule has 4 rings (SSSR count). The van der Waals surface area contributed by atoms with Crippen molar-refractivity contribution in [1.29, 1.82) is 0 Å². The summed E-state index contributed by atoms with van der Waals surface area (Å²) < 4.78 is 6.96. The molecule has 0 atom stereocenters. The highest BCUT2D eigenvalue weighted by atomic mass is 16.3. The fourth-order valence-electron chi connectivity index (χ4n) is 3.29. The Labute approximate surface area is 159 Å². The van der Waals surface area contributed by atoms with Crippen LogP contribution in [0.1, 0.15) is 12.0 Å². The van der Waals surface area contributed by atoms with E-state index >= 15 is 0 Å². The topological polar surface area (TPSA) is 42.2 Å². The quantitative estimate of drug-likeness (QED) is 0.654. The number of aromatic nitrogens is 2. The lowest BCUT2D eigenvalue weighted by atomic mass is 10.1. The highest BCUT2D eigenvalue weighted by molar-refractivity contribution is 5.87. The van der Waals surface area contributed by atoms with E-state index in [-0.39, 0.29) is 0 Å². The standard InChI is InChI=1S/C22H25N4O/c1-26(2,3)15-7-14-25-13-6-10-20-22(25)24-21(27-20)16-17-11-12-23-19-9-5-4-8-18(17)19/h4-6,8-13,16H,7,14-15H2,1-3H3/q+1. The Morgan fingerprint density at radius 1 is 1.15 bits per heavy atom. The second kappa shape index (κ2) is 7.00. The minimum atomic E-state index is 0.618. The van der Waals surface area contributed by atoms with Crippen LogP contribution in [0.4, 0.5) is 5.82 Å². The number of oxazole rings is 1. The number of quaternary nitrogens is 1. The molecular formula is C22H25N4O+. The highest BCUT2D eigenvalue weighted by Gasteiger charge is 2.15. The van der Waals surface area contributed by atoms with E-state index in [1.807, 2.05) is 48.7 Å². The molecule has 27 heavy (non-hydrogen) atoms. The van der Waals surface area contributed by atoms with Gasteiger partial charge in [-0.25, -0.2) is 0 Å². The molecule has 1 aromatic carbocycles. The second-order valence-electron chi connectivity index (χ2n) is 7.87. The summed E-state index contributed by atoms with van der Waals surface area (Å²) in [5.41, 5.74) is 3.46. The van der Waals surface area contributed by atoms with Gasteiger partial charge in [-0.3, -0.25) is 4.98 Å². The summed E-state index contributed by atoms with van der Waals surface area (Å²) in [6, 6.07) is 10.1. The number of nitrogens with zero attached hydrogens (tertiary/aromatic N) is 4. The Kier molecular flexibility index (Phi) is 4.54. The summed E-state index contributed by atoms with van der Waals surface area (Å²) in [7, 11) is 6.65. The van der Waals surface area contributed by atoms with Crippen molar-refractivity contribution in [2.24, 2.45) is 0 Å². The van der Waals surface area contributed by atoms with Crippen LogP contribution in [0.15, 0.2) is 53.2 Å². The monoisotopic (exact) mass is 361 g/mol. The molecule has 0 radical (unpaired) electrons. The van der Waals surface area contributed by atoms with Gasteiger partial charge in [-0.1, -0.05) is 18.2 Å². The first-order chi connectivity index (χ1) is 13.0. The van der Waals surface area contributed by atoms with Crippen LogP contribution in [-0.4, -0.2) is 48.7 Å². The molecule has 0 unspecified atom stereocenters. The maximum Gasteiger partial charge on any atom is 0.222 e. The molecule has 0 saturated carbocycles. The van der Waals surface area contributed by atoms with Gasteiger partial charge in [0.15, 0.2) is 11.2 Å². The Morgan fingerprint density at radius 3 is 2.85 bits per heavy atom. The van der Waals surface area contributed by atoms with Gasteiger partial charge in [0.25, 0.3) is 0 Å². The van der Waals surface area contributed by atoms with Crippen molar-refractivity contribution in [3.8, 4) is 0 Å². The SMILES string of the molecule is C[N+](C)(C)CCCN1C=CC=c2oc(=Cc3ccnc4ccccc34)nc21. The molecule has 3 heterocycles. The molecule has 0 amide bonds. The number of allylic oxidation sites excluding steroid dienone is 1. The third-order valence-electron chi connectivity index (χ3n) is 4.63. The van der Waals surface area contributed by atoms with Gasteiger partial charge in [0, 0.05) is 36.8 Å². The van der Waals surface area contributed by atoms with Gasteiger partial charge in [0.05, 0.1) is 33.2 Å². The van der Waals surface area contributed by atoms with Crippen molar-refractivity contribution in [2.45, 2.75) is 6.42 Å². The number of anilines is 1. The van der Waals surface area contributed by atoms with Crippen LogP contribution in [0.5, 0.6) is 0 Å². The molecule has 0 spiro atoms. The van der Waals surface area contributed by atoms with E-state index in [1.165, 1.54) is 0 Å². The normalized spacial score (nSPS) is 14.5. The van der Waals surface area contributed by atoms with E-state index in [0.717, 1.165) is 51.7 Å². The van der Waals surface area contributed by atoms with Crippen LogP contribution in [0, 0.1) is 0 Å². The van der Waals surface area contributed by atoms with Crippen molar-refractivity contribution in [1.82, 2.24) is 9.97 Å². The van der Waals surface area contributed by atoms with Crippen LogP contribution >= 0.6 is 0 Å². The maximum atomic E-state index is 6.00. The van der Waals surface area contributed by atoms with Crippen LogP contribution in [-0.2, 0) is 0 Å². The minimum Gasteiger partial charge on any atom is -0.435 e. The summed E-state index contributed by atoms with van der Waals surface area (Å²) in [5.74, 6) is 0.892. The number of benzene rings is 1. The molecule has 1 aliphatic rings. The predicted molar refractivity (Wildman–Crippen MR) is 110 cm³/mol. The minimum absolute atomic E-state index is 0.618. The molecule has 5 nitrogen and oxygen atoms in total. The first kappa shape index (κ1) is 17.5. The van der Waals surface area contributed by atoms with Crippen LogP contribution < -0.4 is 15.9 Å². The number of hydrogen-bond donors (Lipinski definition) is 0. The van der Waals surface area contributed by atoms with E-state index in [0.29, 0.717) is 5.55 Å². The maximum absolute atomic E-state index is 6.00. The first-order valence-corrected chi connectivity index (χ1v) is 9.28. The van der Waals surface area contributed by atoms with E-state index < -0.39 is 0 Å². The molecule has 0 N–H and O–H groups in total. The molecule has 1 aliphatic heterocycles. The summed E-state index contributed by atoms with van der Waals surface area (Å²) in [4.78, 5) is 11.3. The van der Waals surface area contributed by atoms with Crippen molar-refractivity contribution in [2.75, 3.05) is 39.1 Å². The van der Waals surface area contributed by atoms with Gasteiger partial charge < -0.3 is 13.8 Å². The van der Waals surface area contributed by atoms with Gasteiger partial charge in [-0.15, -0.1) is 0 Å². The van der Waals surface area contributed by atoms with Gasteiger partial charge in [-0.2, -0.15) is 4.98 Å². The largest absolute Gasteiger partial charge is 0.435 e. The van der Waals surface area contributed by atoms with Crippen molar-refractivity contribution < 1.29 is 8.90 Å². The van der Waals surface area contributed by atoms with Crippen molar-refractivity contribution >= 4 is 28.9 Å². The zero-order valence-corrected chi connectivity index (χ0v) is 16.1. The summed E-state index contributed by atoms with van der Waals surface area (Å²) >= 11 is 0. The summed E-state index contributed by atoms with van der Waals surface area (Å²) in [5, 5.41) is 1.10. The van der Waals surface area contributed by atoms with Crippen molar-refractivity contribution in [3.63, 3.8) is 0 Å². The van der Waals surface area contributed by atoms with E-state index in [1.54, 1.807) is 0 Å². The van der Waals surface area contributed by atoms with Crippen LogP contribution in [0.2, 0.25) is 0 Å². The zero-order valence-electron chi connectivity index (χ0n) is 16.1. The molecular weight excluding hydrogens is 336 g/mol. The van der Waals surface area contributed by atoms with Gasteiger partial charge in [0.1, 0.15) is 0 Å². The number of hydrogen-bond acceptors (Lipinski definition) is 4. The van der Waals surface area contributed by atoms with Crippen LogP contribution in [0.3, 0.4) is 0 Å². The third-order valence-corrected chi connectivity index (χ3v) is 4.63. The Bertz CT molecular complexity index is 1100. The Balaban J connectivity index is 1.65. The predicted octanol–water partition coefficient (Wildman–Crippen LogP) is 2.26. The fourth-order valence-corrected chi connectivity index (χ4v) is 3.29. The highest BCUT2D eigenvalue weighted by Crippen LogP contribution is 2.16. The number of rotatable bonds is 5. The van der Waals surface area contributed by atoms with E-state index in [9.17, 15) is 0 Å². The summed E-state index contributed by atoms with van der Waals surface area (Å²) in [6.07, 6.45) is 11.0. The Morgan fingerprint density at radius 2 is 2.00 bits per heavy atom. The molecule has 5 heteroatoms. The lowest BCUT2D eigenvalue weighted by Crippen LogP contribution is -2.37. The third kappa shape index (κ3) is 3.93. The van der Waals surface area contributed by atoms with Crippen molar-refractivity contribution in [3.05, 3.63) is 65.3 Å². The smallest absolute Gasteiger partial charge is 0.222 e. The Hall–Kier alpha value is -2.92. The second-order valence-corrected chi connectivity index (χ2v) is 7.87. The fraction of sp³-hybridized carbons (Fsp3) is 0.273. The molecule has 2 aromatic heterocycles. The molecule has 0 aliphatic carbocycles. The van der Waals surface area contributed by atoms with Gasteiger partial charge >= 0.3 is 0 Å². The number of para-hydroxylation sites is 1. The molecule has 138 valence electrons. The average Bonchev–Trinajstić information content (AvgIpc) is 3.04. The lowest BCUT2D eigenvalue weighted by molar-refractivity contribution is -0.870. The average molecular weight is 361 g/mol. The van der Waals surface area contributed by atoms with E-state index in [4.69, 9.17) is 9.40 Å². The number of pyridine rings is 1. The van der Waals surface area contributed by atoms with Gasteiger partial charge in [-0.05, 0) is 29.8 Å². The molecule has 3 aromatic rings.